The number of likely N-dealkylation sites (tertiary alicyclic amines) is 1. The molecule has 1 saturated carbocycles. The Morgan fingerprint density at radius 1 is 1.57 bits per heavy atom. The summed E-state index contributed by atoms with van der Waals surface area (Å²) in [7, 11) is 1.90. The second-order valence-corrected chi connectivity index (χ2v) is 4.78. The van der Waals surface area contributed by atoms with Gasteiger partial charge in [-0.2, -0.15) is 0 Å². The number of hydrogen-bond acceptors (Lipinski definition) is 2. The van der Waals surface area contributed by atoms with E-state index >= 15 is 0 Å². The van der Waals surface area contributed by atoms with Crippen LogP contribution in [0.25, 0.3) is 0 Å². The highest BCUT2D eigenvalue weighted by Crippen LogP contribution is 2.37. The van der Waals surface area contributed by atoms with Crippen molar-refractivity contribution >= 4 is 5.91 Å². The summed E-state index contributed by atoms with van der Waals surface area (Å²) in [6, 6.07) is 0.576. The molecule has 3 unspecified atom stereocenters. The van der Waals surface area contributed by atoms with Crippen molar-refractivity contribution in [3.63, 3.8) is 0 Å². The molecule has 1 heterocycles. The number of amides is 1. The molecule has 1 saturated heterocycles. The Hall–Kier alpha value is -0.570. The Morgan fingerprint density at radius 2 is 2.36 bits per heavy atom. The van der Waals surface area contributed by atoms with Gasteiger partial charge in [0.1, 0.15) is 0 Å². The minimum atomic E-state index is 0.138. The van der Waals surface area contributed by atoms with Gasteiger partial charge in [0.2, 0.25) is 5.91 Å². The van der Waals surface area contributed by atoms with Crippen LogP contribution in [0.5, 0.6) is 0 Å². The molecule has 0 aromatic carbocycles. The van der Waals surface area contributed by atoms with Crippen molar-refractivity contribution < 1.29 is 4.79 Å². The van der Waals surface area contributed by atoms with E-state index in [1.54, 1.807) is 0 Å². The Morgan fingerprint density at radius 3 is 2.86 bits per heavy atom. The lowest BCUT2D eigenvalue weighted by Gasteiger charge is -2.29. The summed E-state index contributed by atoms with van der Waals surface area (Å²) in [5.41, 5.74) is 0. The van der Waals surface area contributed by atoms with Gasteiger partial charge in [0.25, 0.3) is 0 Å². The lowest BCUT2D eigenvalue weighted by Crippen LogP contribution is -2.42. The summed E-state index contributed by atoms with van der Waals surface area (Å²) < 4.78 is 0. The van der Waals surface area contributed by atoms with Crippen LogP contribution in [0.4, 0.5) is 0 Å². The predicted molar refractivity (Wildman–Crippen MR) is 55.9 cm³/mol. The molecule has 1 N–H and O–H groups in total. The Labute approximate surface area is 85.8 Å². The minimum Gasteiger partial charge on any atom is -0.339 e. The summed E-state index contributed by atoms with van der Waals surface area (Å²) in [6.07, 6.45) is 3.84. The molecule has 0 aromatic rings. The first-order valence-corrected chi connectivity index (χ1v) is 5.67. The van der Waals surface area contributed by atoms with E-state index in [4.69, 9.17) is 0 Å². The molecule has 3 nitrogen and oxygen atoms in total. The van der Waals surface area contributed by atoms with Crippen molar-refractivity contribution in [2.45, 2.75) is 32.2 Å². The number of hydrogen-bond donors (Lipinski definition) is 1. The molecular weight excluding hydrogens is 176 g/mol. The number of rotatable bonds is 3. The summed E-state index contributed by atoms with van der Waals surface area (Å²) >= 11 is 0. The smallest absolute Gasteiger partial charge is 0.226 e. The molecule has 14 heavy (non-hydrogen) atoms. The summed E-state index contributed by atoms with van der Waals surface area (Å²) in [5.74, 6) is 1.30. The van der Waals surface area contributed by atoms with Gasteiger partial charge in [0, 0.05) is 25.0 Å². The summed E-state index contributed by atoms with van der Waals surface area (Å²) in [4.78, 5) is 14.1. The van der Waals surface area contributed by atoms with E-state index in [0.29, 0.717) is 11.9 Å². The SMILES string of the molecule is CNCC(C)C(=O)N1CC2CCC1C2. The molecule has 3 atom stereocenters. The maximum absolute atomic E-state index is 12.0. The van der Waals surface area contributed by atoms with Gasteiger partial charge in [-0.15, -0.1) is 0 Å². The Bertz CT molecular complexity index is 229. The van der Waals surface area contributed by atoms with Crippen LogP contribution < -0.4 is 5.32 Å². The normalized spacial score (nSPS) is 32.3. The van der Waals surface area contributed by atoms with Crippen LogP contribution in [-0.4, -0.2) is 37.0 Å². The fourth-order valence-corrected chi connectivity index (χ4v) is 2.87. The number of piperidine rings is 1. The van der Waals surface area contributed by atoms with Crippen molar-refractivity contribution in [1.29, 1.82) is 0 Å². The average Bonchev–Trinajstić information content (AvgIpc) is 2.77. The third kappa shape index (κ3) is 1.65. The quantitative estimate of drug-likeness (QED) is 0.726. The molecule has 0 spiro atoms. The Balaban J connectivity index is 1.92. The van der Waals surface area contributed by atoms with Crippen LogP contribution in [0.1, 0.15) is 26.2 Å². The van der Waals surface area contributed by atoms with E-state index in [0.717, 1.165) is 19.0 Å². The molecular formula is C11H20N2O. The van der Waals surface area contributed by atoms with Gasteiger partial charge in [-0.1, -0.05) is 6.92 Å². The second-order valence-electron chi connectivity index (χ2n) is 4.78. The molecule has 2 bridgehead atoms. The van der Waals surface area contributed by atoms with Crippen molar-refractivity contribution in [3.05, 3.63) is 0 Å². The third-order valence-electron chi connectivity index (χ3n) is 3.62. The van der Waals surface area contributed by atoms with E-state index in [1.807, 2.05) is 14.0 Å². The first kappa shape index (κ1) is 9.97. The average molecular weight is 196 g/mol. The maximum Gasteiger partial charge on any atom is 0.226 e. The fraction of sp³-hybridized carbons (Fsp3) is 0.909. The number of carbonyl (C=O) groups is 1. The van der Waals surface area contributed by atoms with Crippen molar-refractivity contribution in [2.24, 2.45) is 11.8 Å². The van der Waals surface area contributed by atoms with Gasteiger partial charge in [0.05, 0.1) is 0 Å². The van der Waals surface area contributed by atoms with Gasteiger partial charge in [-0.3, -0.25) is 4.79 Å². The van der Waals surface area contributed by atoms with Crippen LogP contribution in [-0.2, 0) is 4.79 Å². The highest BCUT2D eigenvalue weighted by molar-refractivity contribution is 5.79. The molecule has 2 aliphatic rings. The largest absolute Gasteiger partial charge is 0.339 e. The summed E-state index contributed by atoms with van der Waals surface area (Å²) in [6.45, 7) is 3.84. The first-order chi connectivity index (χ1) is 6.72. The Kier molecular flexibility index (Phi) is 2.77. The zero-order chi connectivity index (χ0) is 10.1. The molecule has 0 radical (unpaired) electrons. The standard InChI is InChI=1S/C11H20N2O/c1-8(6-12-2)11(14)13-7-9-3-4-10(13)5-9/h8-10,12H,3-7H2,1-2H3. The lowest BCUT2D eigenvalue weighted by molar-refractivity contribution is -0.136. The molecule has 0 aromatic heterocycles. The fourth-order valence-electron chi connectivity index (χ4n) is 2.87. The highest BCUT2D eigenvalue weighted by atomic mass is 16.2. The van der Waals surface area contributed by atoms with E-state index in [2.05, 4.69) is 10.2 Å². The molecule has 2 rings (SSSR count). The van der Waals surface area contributed by atoms with Crippen LogP contribution in [0.15, 0.2) is 0 Å². The first-order valence-electron chi connectivity index (χ1n) is 5.67. The number of carbonyl (C=O) groups excluding carboxylic acids is 1. The predicted octanol–water partition coefficient (Wildman–Crippen LogP) is 0.853. The van der Waals surface area contributed by atoms with Gasteiger partial charge in [-0.05, 0) is 32.2 Å². The van der Waals surface area contributed by atoms with E-state index in [1.165, 1.54) is 19.3 Å². The molecule has 1 aliphatic carbocycles. The number of nitrogens with one attached hydrogen (secondary N) is 1. The highest BCUT2D eigenvalue weighted by Gasteiger charge is 2.40. The monoisotopic (exact) mass is 196 g/mol. The van der Waals surface area contributed by atoms with E-state index in [-0.39, 0.29) is 5.92 Å². The van der Waals surface area contributed by atoms with Crippen molar-refractivity contribution in [2.75, 3.05) is 20.1 Å². The molecule has 80 valence electrons. The summed E-state index contributed by atoms with van der Waals surface area (Å²) in [5, 5.41) is 3.07. The van der Waals surface area contributed by atoms with Crippen molar-refractivity contribution in [3.8, 4) is 0 Å². The van der Waals surface area contributed by atoms with E-state index < -0.39 is 0 Å². The molecule has 3 heteroatoms. The zero-order valence-corrected chi connectivity index (χ0v) is 9.12. The topological polar surface area (TPSA) is 32.3 Å². The van der Waals surface area contributed by atoms with Crippen LogP contribution >= 0.6 is 0 Å². The molecule has 2 fully saturated rings. The van der Waals surface area contributed by atoms with Gasteiger partial charge >= 0.3 is 0 Å². The van der Waals surface area contributed by atoms with Gasteiger partial charge in [-0.25, -0.2) is 0 Å². The molecule has 1 aliphatic heterocycles. The van der Waals surface area contributed by atoms with Crippen LogP contribution in [0, 0.1) is 11.8 Å². The van der Waals surface area contributed by atoms with Gasteiger partial charge < -0.3 is 10.2 Å². The maximum atomic E-state index is 12.0. The third-order valence-corrected chi connectivity index (χ3v) is 3.62. The van der Waals surface area contributed by atoms with Gasteiger partial charge in [0.15, 0.2) is 0 Å². The zero-order valence-electron chi connectivity index (χ0n) is 9.12. The number of nitrogens with zero attached hydrogens (tertiary/aromatic N) is 1. The van der Waals surface area contributed by atoms with Crippen LogP contribution in [0.3, 0.4) is 0 Å². The molecule has 1 amide bonds. The van der Waals surface area contributed by atoms with E-state index in [9.17, 15) is 4.79 Å². The number of fused-ring (bicyclic) bond motifs is 2. The lowest BCUT2D eigenvalue weighted by atomic mass is 10.1. The van der Waals surface area contributed by atoms with Crippen LogP contribution in [0.2, 0.25) is 0 Å². The van der Waals surface area contributed by atoms with Crippen molar-refractivity contribution in [1.82, 2.24) is 10.2 Å². The minimum absolute atomic E-state index is 0.138. The second kappa shape index (κ2) is 3.89.